The number of aromatic nitrogens is 1. The van der Waals surface area contributed by atoms with Crippen LogP contribution < -0.4 is 9.47 Å². The molecule has 0 aliphatic carbocycles. The number of ether oxygens (including phenoxy) is 2. The van der Waals surface area contributed by atoms with E-state index in [0.717, 1.165) is 41.9 Å². The largest absolute Gasteiger partial charge is 0.496 e. The van der Waals surface area contributed by atoms with E-state index in [9.17, 15) is 4.79 Å². The summed E-state index contributed by atoms with van der Waals surface area (Å²) in [6, 6.07) is 15.4. The summed E-state index contributed by atoms with van der Waals surface area (Å²) in [6.45, 7) is 2.71. The van der Waals surface area contributed by atoms with Gasteiger partial charge in [-0.3, -0.25) is 4.79 Å². The number of rotatable bonds is 7. The van der Waals surface area contributed by atoms with E-state index in [4.69, 9.17) is 13.9 Å². The summed E-state index contributed by atoms with van der Waals surface area (Å²) in [4.78, 5) is 19.3. The molecule has 0 bridgehead atoms. The fourth-order valence-corrected chi connectivity index (χ4v) is 3.94. The average Bonchev–Trinajstić information content (AvgIpc) is 3.27. The highest BCUT2D eigenvalue weighted by atomic mass is 16.5. The molecule has 0 radical (unpaired) electrons. The molecule has 1 atom stereocenters. The van der Waals surface area contributed by atoms with Gasteiger partial charge in [0.15, 0.2) is 6.61 Å². The highest BCUT2D eigenvalue weighted by Gasteiger charge is 2.31. The van der Waals surface area contributed by atoms with Crippen molar-refractivity contribution in [1.82, 2.24) is 9.88 Å². The number of amides is 1. The van der Waals surface area contributed by atoms with Crippen LogP contribution in [-0.2, 0) is 11.2 Å². The van der Waals surface area contributed by atoms with Crippen LogP contribution in [0.3, 0.4) is 0 Å². The molecule has 162 valence electrons. The molecule has 1 aliphatic heterocycles. The monoisotopic (exact) mass is 420 g/mol. The Morgan fingerprint density at radius 1 is 1.16 bits per heavy atom. The van der Waals surface area contributed by atoms with Crippen LogP contribution in [0.4, 0.5) is 0 Å². The number of piperidine rings is 1. The Balaban J connectivity index is 1.43. The number of aryl methyl sites for hydroxylation is 1. The molecular formula is C25H28N2O4. The number of hydrogen-bond donors (Lipinski definition) is 0. The smallest absolute Gasteiger partial charge is 0.261 e. The summed E-state index contributed by atoms with van der Waals surface area (Å²) in [5, 5.41) is 0. The standard InChI is InChI=1S/C25H28N2O4/c1-18-10-12-20(13-11-18)30-17-24(28)27-14-6-5-8-22(27)25-26-16-21(31-25)15-19-7-3-4-9-23(19)29-2/h3-4,7,9-13,16,22H,5-6,8,14-15,17H2,1-2H3/t22-/m1/s1. The lowest BCUT2D eigenvalue weighted by Crippen LogP contribution is -2.41. The Hall–Kier alpha value is -3.28. The summed E-state index contributed by atoms with van der Waals surface area (Å²) < 4.78 is 17.2. The van der Waals surface area contributed by atoms with Crippen LogP contribution in [0.1, 0.15) is 48.1 Å². The second-order valence-corrected chi connectivity index (χ2v) is 7.85. The van der Waals surface area contributed by atoms with Crippen molar-refractivity contribution in [3.05, 3.63) is 77.5 Å². The number of likely N-dealkylation sites (tertiary alicyclic amines) is 1. The molecule has 6 nitrogen and oxygen atoms in total. The molecule has 0 spiro atoms. The van der Waals surface area contributed by atoms with Gasteiger partial charge >= 0.3 is 0 Å². The van der Waals surface area contributed by atoms with Gasteiger partial charge in [0.2, 0.25) is 5.89 Å². The fraction of sp³-hybridized carbons (Fsp3) is 0.360. The molecule has 4 rings (SSSR count). The maximum Gasteiger partial charge on any atom is 0.261 e. The van der Waals surface area contributed by atoms with Gasteiger partial charge in [0.25, 0.3) is 5.91 Å². The predicted octanol–water partition coefficient (Wildman–Crippen LogP) is 4.72. The minimum Gasteiger partial charge on any atom is -0.496 e. The molecule has 1 aromatic heterocycles. The number of carbonyl (C=O) groups is 1. The molecule has 1 amide bonds. The summed E-state index contributed by atoms with van der Waals surface area (Å²) >= 11 is 0. The third-order valence-electron chi connectivity index (χ3n) is 5.62. The van der Waals surface area contributed by atoms with Crippen molar-refractivity contribution in [2.75, 3.05) is 20.3 Å². The van der Waals surface area contributed by atoms with Crippen LogP contribution in [0.25, 0.3) is 0 Å². The number of nitrogens with zero attached hydrogens (tertiary/aromatic N) is 2. The van der Waals surface area contributed by atoms with Crippen LogP contribution in [0.2, 0.25) is 0 Å². The number of methoxy groups -OCH3 is 1. The number of hydrogen-bond acceptors (Lipinski definition) is 5. The molecule has 31 heavy (non-hydrogen) atoms. The normalized spacial score (nSPS) is 16.2. The van der Waals surface area contributed by atoms with Crippen molar-refractivity contribution in [1.29, 1.82) is 0 Å². The van der Waals surface area contributed by atoms with Crippen LogP contribution in [0.5, 0.6) is 11.5 Å². The summed E-state index contributed by atoms with van der Waals surface area (Å²) in [5.74, 6) is 2.82. The van der Waals surface area contributed by atoms with Gasteiger partial charge in [-0.15, -0.1) is 0 Å². The zero-order chi connectivity index (χ0) is 21.6. The van der Waals surface area contributed by atoms with E-state index in [1.807, 2.05) is 60.4 Å². The zero-order valence-corrected chi connectivity index (χ0v) is 18.0. The first-order valence-corrected chi connectivity index (χ1v) is 10.7. The third kappa shape index (κ3) is 5.08. The van der Waals surface area contributed by atoms with Crippen molar-refractivity contribution >= 4 is 5.91 Å². The van der Waals surface area contributed by atoms with Gasteiger partial charge < -0.3 is 18.8 Å². The Bertz CT molecular complexity index is 1010. The molecule has 1 aliphatic rings. The minimum absolute atomic E-state index is 0.00827. The molecule has 1 saturated heterocycles. The first-order chi connectivity index (χ1) is 15.1. The van der Waals surface area contributed by atoms with E-state index >= 15 is 0 Å². The van der Waals surface area contributed by atoms with Gasteiger partial charge in [0.05, 0.1) is 13.3 Å². The van der Waals surface area contributed by atoms with Crippen molar-refractivity contribution < 1.29 is 18.7 Å². The molecule has 0 saturated carbocycles. The second-order valence-electron chi connectivity index (χ2n) is 7.85. The number of benzene rings is 2. The van der Waals surface area contributed by atoms with E-state index < -0.39 is 0 Å². The SMILES string of the molecule is COc1ccccc1Cc1cnc([C@H]2CCCCN2C(=O)COc2ccc(C)cc2)o1. The number of para-hydroxylation sites is 1. The minimum atomic E-state index is -0.158. The molecule has 0 unspecified atom stereocenters. The van der Waals surface area contributed by atoms with Crippen molar-refractivity contribution in [2.45, 2.75) is 38.6 Å². The fourth-order valence-electron chi connectivity index (χ4n) is 3.94. The quantitative estimate of drug-likeness (QED) is 0.554. The van der Waals surface area contributed by atoms with Gasteiger partial charge in [-0.2, -0.15) is 0 Å². The Labute approximate surface area is 182 Å². The molecule has 0 N–H and O–H groups in total. The van der Waals surface area contributed by atoms with Crippen molar-refractivity contribution in [3.63, 3.8) is 0 Å². The maximum absolute atomic E-state index is 12.9. The zero-order valence-electron chi connectivity index (χ0n) is 18.0. The number of oxazole rings is 1. The van der Waals surface area contributed by atoms with Crippen LogP contribution in [0.15, 0.2) is 59.1 Å². The highest BCUT2D eigenvalue weighted by molar-refractivity contribution is 5.78. The highest BCUT2D eigenvalue weighted by Crippen LogP contribution is 2.31. The Morgan fingerprint density at radius 3 is 2.77 bits per heavy atom. The second kappa shape index (κ2) is 9.69. The van der Waals surface area contributed by atoms with Crippen LogP contribution >= 0.6 is 0 Å². The van der Waals surface area contributed by atoms with E-state index in [2.05, 4.69) is 4.98 Å². The van der Waals surface area contributed by atoms with Crippen molar-refractivity contribution in [2.24, 2.45) is 0 Å². The summed E-state index contributed by atoms with van der Waals surface area (Å²) in [7, 11) is 1.66. The van der Waals surface area contributed by atoms with E-state index in [0.29, 0.717) is 24.6 Å². The molecule has 2 heterocycles. The lowest BCUT2D eigenvalue weighted by Gasteiger charge is -2.33. The first kappa shape index (κ1) is 21.0. The average molecular weight is 421 g/mol. The molecule has 6 heteroatoms. The maximum atomic E-state index is 12.9. The Morgan fingerprint density at radius 2 is 1.97 bits per heavy atom. The van der Waals surface area contributed by atoms with Gasteiger partial charge in [-0.1, -0.05) is 35.9 Å². The molecule has 3 aromatic rings. The number of carbonyl (C=O) groups excluding carboxylic acids is 1. The predicted molar refractivity (Wildman–Crippen MR) is 117 cm³/mol. The Kier molecular flexibility index (Phi) is 6.55. The van der Waals surface area contributed by atoms with E-state index in [1.54, 1.807) is 13.3 Å². The summed E-state index contributed by atoms with van der Waals surface area (Å²) in [5.41, 5.74) is 2.19. The molecule has 1 fully saturated rings. The summed E-state index contributed by atoms with van der Waals surface area (Å²) in [6.07, 6.45) is 5.19. The third-order valence-corrected chi connectivity index (χ3v) is 5.62. The van der Waals surface area contributed by atoms with Crippen LogP contribution in [0, 0.1) is 6.92 Å². The van der Waals surface area contributed by atoms with Crippen LogP contribution in [-0.4, -0.2) is 36.1 Å². The van der Waals surface area contributed by atoms with Gasteiger partial charge in [0, 0.05) is 18.5 Å². The lowest BCUT2D eigenvalue weighted by molar-refractivity contribution is -0.137. The van der Waals surface area contributed by atoms with E-state index in [1.165, 1.54) is 0 Å². The molecular weight excluding hydrogens is 392 g/mol. The topological polar surface area (TPSA) is 64.8 Å². The van der Waals surface area contributed by atoms with Gasteiger partial charge in [0.1, 0.15) is 23.3 Å². The van der Waals surface area contributed by atoms with E-state index in [-0.39, 0.29) is 18.6 Å². The lowest BCUT2D eigenvalue weighted by atomic mass is 10.0. The van der Waals surface area contributed by atoms with Crippen molar-refractivity contribution in [3.8, 4) is 11.5 Å². The first-order valence-electron chi connectivity index (χ1n) is 10.7. The van der Waals surface area contributed by atoms with Gasteiger partial charge in [-0.25, -0.2) is 4.98 Å². The molecule has 2 aromatic carbocycles. The van der Waals surface area contributed by atoms with Gasteiger partial charge in [-0.05, 0) is 44.4 Å².